The zero-order valence-corrected chi connectivity index (χ0v) is 16.1. The Morgan fingerprint density at radius 3 is 2.89 bits per heavy atom. The van der Waals surface area contributed by atoms with Crippen molar-refractivity contribution in [3.63, 3.8) is 0 Å². The molecule has 2 aromatic rings. The van der Waals surface area contributed by atoms with Crippen LogP contribution < -0.4 is 19.7 Å². The molecule has 148 valence electrons. The number of hydrogen-bond acceptors (Lipinski definition) is 5. The van der Waals surface area contributed by atoms with Crippen LogP contribution in [0.15, 0.2) is 35.6 Å². The van der Waals surface area contributed by atoms with Gasteiger partial charge in [0, 0.05) is 32.9 Å². The van der Waals surface area contributed by atoms with E-state index in [1.165, 1.54) is 0 Å². The highest BCUT2D eigenvalue weighted by Gasteiger charge is 2.27. The van der Waals surface area contributed by atoms with Gasteiger partial charge in [0.05, 0.1) is 18.4 Å². The van der Waals surface area contributed by atoms with Crippen molar-refractivity contribution in [2.75, 3.05) is 37.9 Å². The number of amides is 1. The second-order valence-electron chi connectivity index (χ2n) is 6.70. The highest BCUT2D eigenvalue weighted by molar-refractivity contribution is 5.98. The minimum atomic E-state index is 0.0351. The second-order valence-corrected chi connectivity index (χ2v) is 6.70. The number of fused-ring (bicyclic) bond motifs is 1. The summed E-state index contributed by atoms with van der Waals surface area (Å²) in [6, 6.07) is 5.82. The van der Waals surface area contributed by atoms with Crippen LogP contribution in [0.5, 0.6) is 11.5 Å². The number of nitrogens with zero attached hydrogens (tertiary/aromatic N) is 5. The predicted octanol–water partition coefficient (Wildman–Crippen LogP) is 0.963. The first-order chi connectivity index (χ1) is 13.6. The SMILES string of the molecule is CCNC(=NCc1ccc2c(c1)OCO2)N1CCN(c2cnn(C)c2)C(=O)C1. The first-order valence-corrected chi connectivity index (χ1v) is 9.35. The lowest BCUT2D eigenvalue weighted by Gasteiger charge is -2.35. The van der Waals surface area contributed by atoms with Gasteiger partial charge in [-0.1, -0.05) is 6.07 Å². The summed E-state index contributed by atoms with van der Waals surface area (Å²) in [6.45, 7) is 5.08. The number of hydrogen-bond donors (Lipinski definition) is 1. The van der Waals surface area contributed by atoms with Crippen LogP contribution in [0, 0.1) is 0 Å². The monoisotopic (exact) mass is 384 g/mol. The van der Waals surface area contributed by atoms with Crippen LogP contribution in [0.25, 0.3) is 0 Å². The number of carbonyl (C=O) groups excluding carboxylic acids is 1. The summed E-state index contributed by atoms with van der Waals surface area (Å²) in [5.74, 6) is 2.28. The third-order valence-electron chi connectivity index (χ3n) is 4.71. The Kier molecular flexibility index (Phi) is 5.05. The number of anilines is 1. The number of rotatable bonds is 4. The predicted molar refractivity (Wildman–Crippen MR) is 105 cm³/mol. The minimum Gasteiger partial charge on any atom is -0.454 e. The van der Waals surface area contributed by atoms with Crippen molar-refractivity contribution in [2.45, 2.75) is 13.5 Å². The molecule has 1 aromatic heterocycles. The van der Waals surface area contributed by atoms with E-state index in [0.717, 1.165) is 35.3 Å². The Hall–Kier alpha value is -3.23. The summed E-state index contributed by atoms with van der Waals surface area (Å²) in [5, 5.41) is 7.44. The van der Waals surface area contributed by atoms with Crippen LogP contribution in [0.3, 0.4) is 0 Å². The van der Waals surface area contributed by atoms with Crippen LogP contribution in [0.2, 0.25) is 0 Å². The number of aromatic nitrogens is 2. The fourth-order valence-corrected chi connectivity index (χ4v) is 3.31. The molecule has 1 N–H and O–H groups in total. The Labute approximate surface area is 163 Å². The second kappa shape index (κ2) is 7.79. The number of benzene rings is 1. The topological polar surface area (TPSA) is 84.2 Å². The zero-order valence-electron chi connectivity index (χ0n) is 16.1. The summed E-state index contributed by atoms with van der Waals surface area (Å²) in [5.41, 5.74) is 1.86. The highest BCUT2D eigenvalue weighted by atomic mass is 16.7. The molecular formula is C19H24N6O3. The van der Waals surface area contributed by atoms with Gasteiger partial charge in [-0.15, -0.1) is 0 Å². The van der Waals surface area contributed by atoms with Crippen LogP contribution in [0.4, 0.5) is 5.69 Å². The van der Waals surface area contributed by atoms with Crippen LogP contribution in [-0.4, -0.2) is 59.5 Å². The average Bonchev–Trinajstić information content (AvgIpc) is 3.33. The van der Waals surface area contributed by atoms with Gasteiger partial charge >= 0.3 is 0 Å². The lowest BCUT2D eigenvalue weighted by molar-refractivity contribution is -0.120. The van der Waals surface area contributed by atoms with Crippen molar-refractivity contribution in [1.82, 2.24) is 20.0 Å². The van der Waals surface area contributed by atoms with Crippen LogP contribution in [-0.2, 0) is 18.4 Å². The lowest BCUT2D eigenvalue weighted by Crippen LogP contribution is -2.55. The highest BCUT2D eigenvalue weighted by Crippen LogP contribution is 2.32. The molecule has 28 heavy (non-hydrogen) atoms. The molecule has 1 saturated heterocycles. The number of aryl methyl sites for hydroxylation is 1. The fourth-order valence-electron chi connectivity index (χ4n) is 3.31. The van der Waals surface area contributed by atoms with Gasteiger partial charge in [-0.25, -0.2) is 4.99 Å². The molecule has 2 aliphatic rings. The summed E-state index contributed by atoms with van der Waals surface area (Å²) < 4.78 is 12.5. The van der Waals surface area contributed by atoms with Gasteiger partial charge < -0.3 is 24.6 Å². The fraction of sp³-hybridized carbons (Fsp3) is 0.421. The third kappa shape index (κ3) is 3.73. The Bertz CT molecular complexity index is 894. The molecule has 9 nitrogen and oxygen atoms in total. The maximum Gasteiger partial charge on any atom is 0.246 e. The largest absolute Gasteiger partial charge is 0.454 e. The third-order valence-corrected chi connectivity index (χ3v) is 4.71. The van der Waals surface area contributed by atoms with Crippen LogP contribution >= 0.6 is 0 Å². The van der Waals surface area contributed by atoms with Crippen molar-refractivity contribution >= 4 is 17.6 Å². The van der Waals surface area contributed by atoms with Crippen molar-refractivity contribution < 1.29 is 14.3 Å². The lowest BCUT2D eigenvalue weighted by atomic mass is 10.2. The van der Waals surface area contributed by atoms with Gasteiger partial charge in [-0.2, -0.15) is 5.10 Å². The van der Waals surface area contributed by atoms with E-state index in [4.69, 9.17) is 14.5 Å². The number of aliphatic imine (C=N–C) groups is 1. The quantitative estimate of drug-likeness (QED) is 0.625. The first-order valence-electron chi connectivity index (χ1n) is 9.35. The molecule has 0 aliphatic carbocycles. The smallest absolute Gasteiger partial charge is 0.246 e. The summed E-state index contributed by atoms with van der Waals surface area (Å²) >= 11 is 0. The number of ether oxygens (including phenoxy) is 2. The molecule has 0 spiro atoms. The molecule has 0 saturated carbocycles. The van der Waals surface area contributed by atoms with Crippen molar-refractivity contribution in [2.24, 2.45) is 12.0 Å². The summed E-state index contributed by atoms with van der Waals surface area (Å²) in [7, 11) is 1.84. The molecule has 1 aromatic carbocycles. The summed E-state index contributed by atoms with van der Waals surface area (Å²) in [6.07, 6.45) is 3.57. The van der Waals surface area contributed by atoms with Crippen molar-refractivity contribution in [3.05, 3.63) is 36.2 Å². The van der Waals surface area contributed by atoms with Gasteiger partial charge in [-0.3, -0.25) is 9.48 Å². The minimum absolute atomic E-state index is 0.0351. The van der Waals surface area contributed by atoms with E-state index in [2.05, 4.69) is 10.4 Å². The molecular weight excluding hydrogens is 360 g/mol. The molecule has 4 rings (SSSR count). The van der Waals surface area contributed by atoms with Gasteiger partial charge in [-0.05, 0) is 24.6 Å². The Morgan fingerprint density at radius 1 is 1.29 bits per heavy atom. The molecule has 0 atom stereocenters. The first kappa shape index (κ1) is 18.1. The maximum absolute atomic E-state index is 12.7. The van der Waals surface area contributed by atoms with Gasteiger partial charge in [0.15, 0.2) is 17.5 Å². The molecule has 0 bridgehead atoms. The van der Waals surface area contributed by atoms with Crippen molar-refractivity contribution in [3.8, 4) is 11.5 Å². The molecule has 1 fully saturated rings. The van der Waals surface area contributed by atoms with E-state index in [1.807, 2.05) is 43.3 Å². The maximum atomic E-state index is 12.7. The van der Waals surface area contributed by atoms with E-state index in [9.17, 15) is 4.79 Å². The number of guanidine groups is 1. The molecule has 3 heterocycles. The van der Waals surface area contributed by atoms with Gasteiger partial charge in [0.2, 0.25) is 12.7 Å². The number of nitrogens with one attached hydrogen (secondary N) is 1. The van der Waals surface area contributed by atoms with Crippen molar-refractivity contribution in [1.29, 1.82) is 0 Å². The van der Waals surface area contributed by atoms with Gasteiger partial charge in [0.1, 0.15) is 6.54 Å². The Balaban J connectivity index is 1.44. The number of piperazine rings is 1. The number of carbonyl (C=O) groups is 1. The average molecular weight is 384 g/mol. The molecule has 2 aliphatic heterocycles. The molecule has 1 amide bonds. The van der Waals surface area contributed by atoms with E-state index in [0.29, 0.717) is 19.6 Å². The van der Waals surface area contributed by atoms with Gasteiger partial charge in [0.25, 0.3) is 0 Å². The van der Waals surface area contributed by atoms with E-state index in [-0.39, 0.29) is 19.2 Å². The molecule has 0 radical (unpaired) electrons. The standard InChI is InChI=1S/C19H24N6O3/c1-3-20-19(21-9-14-4-5-16-17(8-14)28-13-27-16)24-6-7-25(18(26)12-24)15-10-22-23(2)11-15/h4-5,8,10-11H,3,6-7,9,12-13H2,1-2H3,(H,20,21). The Morgan fingerprint density at radius 2 is 2.14 bits per heavy atom. The van der Waals surface area contributed by atoms with E-state index in [1.54, 1.807) is 15.8 Å². The van der Waals surface area contributed by atoms with E-state index >= 15 is 0 Å². The summed E-state index contributed by atoms with van der Waals surface area (Å²) in [4.78, 5) is 21.1. The normalized spacial score (nSPS) is 16.6. The zero-order chi connectivity index (χ0) is 19.5. The van der Waals surface area contributed by atoms with Crippen LogP contribution in [0.1, 0.15) is 12.5 Å². The molecule has 9 heteroatoms. The van der Waals surface area contributed by atoms with E-state index < -0.39 is 0 Å². The molecule has 0 unspecified atom stereocenters.